The number of hydrogen-bond donors (Lipinski definition) is 0. The maximum absolute atomic E-state index is 13.2. The zero-order valence-electron chi connectivity index (χ0n) is 15.5. The van der Waals surface area contributed by atoms with Crippen molar-refractivity contribution in [3.8, 4) is 0 Å². The molecule has 0 saturated heterocycles. The first kappa shape index (κ1) is 16.2. The summed E-state index contributed by atoms with van der Waals surface area (Å²) >= 11 is 0. The number of amides is 1. The van der Waals surface area contributed by atoms with Gasteiger partial charge < -0.3 is 0 Å². The fraction of sp³-hybridized carbons (Fsp3) is 0.250. The molecule has 1 amide bonds. The highest BCUT2D eigenvalue weighted by atomic mass is 16.2. The number of rotatable bonds is 1. The van der Waals surface area contributed by atoms with Crippen LogP contribution in [0.3, 0.4) is 0 Å². The Morgan fingerprint density at radius 1 is 0.889 bits per heavy atom. The van der Waals surface area contributed by atoms with E-state index in [4.69, 9.17) is 0 Å². The Labute approximate surface area is 159 Å². The van der Waals surface area contributed by atoms with Crippen LogP contribution in [0.4, 0.5) is 0 Å². The average Bonchev–Trinajstić information content (AvgIpc) is 2.94. The van der Waals surface area contributed by atoms with Gasteiger partial charge in [-0.3, -0.25) is 14.5 Å². The van der Waals surface area contributed by atoms with Crippen LogP contribution >= 0.6 is 0 Å². The maximum atomic E-state index is 13.2. The summed E-state index contributed by atoms with van der Waals surface area (Å²) in [4.78, 5) is 28.2. The zero-order valence-corrected chi connectivity index (χ0v) is 15.5. The van der Waals surface area contributed by atoms with Crippen molar-refractivity contribution in [1.82, 2.24) is 4.90 Å². The third-order valence-corrected chi connectivity index (χ3v) is 5.84. The Bertz CT molecular complexity index is 1040. The van der Waals surface area contributed by atoms with Gasteiger partial charge in [-0.05, 0) is 29.5 Å². The van der Waals surface area contributed by atoms with Gasteiger partial charge in [-0.25, -0.2) is 0 Å². The first-order valence-electron chi connectivity index (χ1n) is 9.43. The first-order chi connectivity index (χ1) is 13.0. The van der Waals surface area contributed by atoms with E-state index in [2.05, 4.69) is 32.1 Å². The topological polar surface area (TPSA) is 37.4 Å². The Balaban J connectivity index is 1.77. The van der Waals surface area contributed by atoms with Crippen LogP contribution in [0.1, 0.15) is 54.1 Å². The van der Waals surface area contributed by atoms with Gasteiger partial charge in [0.1, 0.15) is 0 Å². The molecule has 5 rings (SSSR count). The largest absolute Gasteiger partial charge is 0.294 e. The smallest absolute Gasteiger partial charge is 0.263 e. The minimum absolute atomic E-state index is 0.0126. The van der Waals surface area contributed by atoms with Crippen LogP contribution in [0.15, 0.2) is 71.9 Å². The minimum Gasteiger partial charge on any atom is -0.294 e. The Hall–Kier alpha value is -2.94. The van der Waals surface area contributed by atoms with E-state index in [0.29, 0.717) is 6.42 Å². The molecule has 27 heavy (non-hydrogen) atoms. The highest BCUT2D eigenvalue weighted by Crippen LogP contribution is 2.51. The maximum Gasteiger partial charge on any atom is 0.263 e. The molecule has 134 valence electrons. The molecule has 0 radical (unpaired) electrons. The van der Waals surface area contributed by atoms with Gasteiger partial charge >= 0.3 is 0 Å². The summed E-state index contributed by atoms with van der Waals surface area (Å²) in [5, 5.41) is 0. The van der Waals surface area contributed by atoms with E-state index < -0.39 is 0 Å². The molecule has 2 aliphatic heterocycles. The number of allylic oxidation sites excluding steroid dienone is 3. The van der Waals surface area contributed by atoms with Gasteiger partial charge in [-0.1, -0.05) is 62.4 Å². The lowest BCUT2D eigenvalue weighted by Crippen LogP contribution is -2.38. The van der Waals surface area contributed by atoms with Crippen molar-refractivity contribution in [2.75, 3.05) is 0 Å². The van der Waals surface area contributed by atoms with Crippen LogP contribution in [0.5, 0.6) is 0 Å². The molecular formula is C24H21NO2. The van der Waals surface area contributed by atoms with E-state index in [1.807, 2.05) is 42.5 Å². The Kier molecular flexibility index (Phi) is 3.33. The number of fused-ring (bicyclic) bond motifs is 4. The van der Waals surface area contributed by atoms with Crippen LogP contribution in [0, 0.1) is 5.41 Å². The standard InChI is InChI=1S/C24H21NO2/c1-24(2)13-20-22(21(26)14-24)18(15-8-4-3-5-9-15)12-19-16-10-6-7-11-17(16)23(27)25(19)20/h3-12,18H,13-14H2,1-2H3/t18-/m1/s1. The summed E-state index contributed by atoms with van der Waals surface area (Å²) < 4.78 is 0. The van der Waals surface area contributed by atoms with E-state index in [9.17, 15) is 9.59 Å². The summed E-state index contributed by atoms with van der Waals surface area (Å²) in [6, 6.07) is 17.9. The van der Waals surface area contributed by atoms with Crippen molar-refractivity contribution in [2.24, 2.45) is 5.41 Å². The number of Topliss-reactive ketones (excluding diaryl/α,β-unsaturated/α-hetero) is 1. The number of carbonyl (C=O) groups excluding carboxylic acids is 2. The first-order valence-corrected chi connectivity index (χ1v) is 9.43. The summed E-state index contributed by atoms with van der Waals surface area (Å²) in [5.74, 6) is 0.0468. The van der Waals surface area contributed by atoms with Gasteiger partial charge in [0.25, 0.3) is 5.91 Å². The van der Waals surface area contributed by atoms with E-state index in [0.717, 1.165) is 40.1 Å². The highest BCUT2D eigenvalue weighted by molar-refractivity contribution is 6.13. The van der Waals surface area contributed by atoms with Crippen LogP contribution < -0.4 is 0 Å². The van der Waals surface area contributed by atoms with Crippen molar-refractivity contribution in [1.29, 1.82) is 0 Å². The Morgan fingerprint density at radius 3 is 2.30 bits per heavy atom. The van der Waals surface area contributed by atoms with Gasteiger partial charge in [-0.15, -0.1) is 0 Å². The van der Waals surface area contributed by atoms with Crippen molar-refractivity contribution in [3.63, 3.8) is 0 Å². The lowest BCUT2D eigenvalue weighted by molar-refractivity contribution is -0.118. The van der Waals surface area contributed by atoms with Crippen molar-refractivity contribution >= 4 is 17.4 Å². The monoisotopic (exact) mass is 355 g/mol. The third-order valence-electron chi connectivity index (χ3n) is 5.84. The normalized spacial score (nSPS) is 23.0. The molecule has 0 bridgehead atoms. The SMILES string of the molecule is CC1(C)CC(=O)C2=C(C1)N1C(=O)c3ccccc3C1=C[C@@H]2c1ccccc1. The van der Waals surface area contributed by atoms with Crippen molar-refractivity contribution in [3.05, 3.63) is 88.6 Å². The van der Waals surface area contributed by atoms with Crippen molar-refractivity contribution in [2.45, 2.75) is 32.6 Å². The summed E-state index contributed by atoms with van der Waals surface area (Å²) in [7, 11) is 0. The van der Waals surface area contributed by atoms with Gasteiger partial charge in [-0.2, -0.15) is 0 Å². The Morgan fingerprint density at radius 2 is 1.56 bits per heavy atom. The lowest BCUT2D eigenvalue weighted by Gasteiger charge is -2.40. The van der Waals surface area contributed by atoms with Gasteiger partial charge in [0.15, 0.2) is 5.78 Å². The molecule has 1 atom stereocenters. The molecule has 0 fully saturated rings. The summed E-state index contributed by atoms with van der Waals surface area (Å²) in [6.45, 7) is 4.22. The average molecular weight is 355 g/mol. The van der Waals surface area contributed by atoms with Crippen LogP contribution in [0.2, 0.25) is 0 Å². The van der Waals surface area contributed by atoms with E-state index in [1.54, 1.807) is 4.90 Å². The molecule has 3 aliphatic rings. The molecule has 0 unspecified atom stereocenters. The van der Waals surface area contributed by atoms with E-state index >= 15 is 0 Å². The van der Waals surface area contributed by atoms with Gasteiger partial charge in [0.2, 0.25) is 0 Å². The molecule has 3 heteroatoms. The predicted molar refractivity (Wildman–Crippen MR) is 105 cm³/mol. The second-order valence-corrected chi connectivity index (χ2v) is 8.43. The lowest BCUT2D eigenvalue weighted by atomic mass is 9.70. The molecule has 0 spiro atoms. The molecule has 2 aromatic carbocycles. The molecular weight excluding hydrogens is 334 g/mol. The fourth-order valence-electron chi connectivity index (χ4n) is 4.69. The van der Waals surface area contributed by atoms with Crippen molar-refractivity contribution < 1.29 is 9.59 Å². The quantitative estimate of drug-likeness (QED) is 0.728. The molecule has 2 aromatic rings. The third kappa shape index (κ3) is 2.34. The summed E-state index contributed by atoms with van der Waals surface area (Å²) in [6.07, 6.45) is 3.36. The summed E-state index contributed by atoms with van der Waals surface area (Å²) in [5.41, 5.74) is 5.25. The number of ketones is 1. The highest BCUT2D eigenvalue weighted by Gasteiger charge is 2.46. The number of benzene rings is 2. The molecule has 0 N–H and O–H groups in total. The minimum atomic E-state index is -0.144. The van der Waals surface area contributed by atoms with E-state index in [1.165, 1.54) is 0 Å². The van der Waals surface area contributed by atoms with E-state index in [-0.39, 0.29) is 23.0 Å². The van der Waals surface area contributed by atoms with Crippen LogP contribution in [-0.2, 0) is 4.79 Å². The number of nitrogens with zero attached hydrogens (tertiary/aromatic N) is 1. The van der Waals surface area contributed by atoms with Crippen LogP contribution in [-0.4, -0.2) is 16.6 Å². The van der Waals surface area contributed by atoms with Crippen LogP contribution in [0.25, 0.3) is 5.70 Å². The molecule has 1 aliphatic carbocycles. The second-order valence-electron chi connectivity index (χ2n) is 8.43. The van der Waals surface area contributed by atoms with Gasteiger partial charge in [0, 0.05) is 34.7 Å². The zero-order chi connectivity index (χ0) is 18.8. The predicted octanol–water partition coefficient (Wildman–Crippen LogP) is 4.92. The second kappa shape index (κ2) is 5.53. The molecule has 0 saturated carbocycles. The number of hydrogen-bond acceptors (Lipinski definition) is 2. The molecule has 0 aromatic heterocycles. The number of carbonyl (C=O) groups is 2. The van der Waals surface area contributed by atoms with Gasteiger partial charge in [0.05, 0.1) is 5.70 Å². The fourth-order valence-corrected chi connectivity index (χ4v) is 4.69. The molecule has 2 heterocycles. The molecule has 3 nitrogen and oxygen atoms in total.